The van der Waals surface area contributed by atoms with Gasteiger partial charge in [0, 0.05) is 18.6 Å². The highest BCUT2D eigenvalue weighted by atomic mass is 16.6. The number of carbonyl (C=O) groups excluding carboxylic acids is 2. The minimum atomic E-state index is -0.429. The summed E-state index contributed by atoms with van der Waals surface area (Å²) in [7, 11) is 1.50. The first-order valence-electron chi connectivity index (χ1n) is 13.6. The number of methoxy groups -OCH3 is 1. The first kappa shape index (κ1) is 24.4. The van der Waals surface area contributed by atoms with E-state index in [-0.39, 0.29) is 40.5 Å². The summed E-state index contributed by atoms with van der Waals surface area (Å²) in [4.78, 5) is 27.0. The maximum Gasteiger partial charge on any atom is 0.410 e. The number of fused-ring (bicyclic) bond motifs is 5. The van der Waals surface area contributed by atoms with Crippen LogP contribution in [0.25, 0.3) is 0 Å². The van der Waals surface area contributed by atoms with Crippen LogP contribution in [0, 0.1) is 34.5 Å². The van der Waals surface area contributed by atoms with Crippen molar-refractivity contribution >= 4 is 12.1 Å². The molecule has 34 heavy (non-hydrogen) atoms. The fourth-order valence-electron chi connectivity index (χ4n) is 9.25. The second kappa shape index (κ2) is 8.65. The topological polar surface area (TPSA) is 102 Å². The molecule has 1 aliphatic heterocycles. The minimum Gasteiger partial charge on any atom is -0.469 e. The molecule has 0 spiro atoms. The first-order valence-corrected chi connectivity index (χ1v) is 13.6. The van der Waals surface area contributed by atoms with E-state index in [9.17, 15) is 14.7 Å². The summed E-state index contributed by atoms with van der Waals surface area (Å²) in [6, 6.07) is 0. The van der Waals surface area contributed by atoms with Crippen molar-refractivity contribution in [3.63, 3.8) is 0 Å². The lowest BCUT2D eigenvalue weighted by Crippen LogP contribution is -2.66. The number of esters is 1. The number of rotatable bonds is 2. The molecular weight excluding hydrogens is 432 g/mol. The highest BCUT2D eigenvalue weighted by molar-refractivity contribution is 5.74. The monoisotopic (exact) mass is 476 g/mol. The quantitative estimate of drug-likeness (QED) is 0.587. The molecular formula is C27H44N2O5. The number of nitrogens with two attached hydrogens (primary N) is 1. The second-order valence-corrected chi connectivity index (χ2v) is 12.6. The third kappa shape index (κ3) is 3.59. The molecule has 9 atom stereocenters. The van der Waals surface area contributed by atoms with E-state index >= 15 is 0 Å². The van der Waals surface area contributed by atoms with Crippen molar-refractivity contribution < 1.29 is 24.2 Å². The molecule has 5 rings (SSSR count). The third-order valence-corrected chi connectivity index (χ3v) is 11.4. The zero-order valence-corrected chi connectivity index (χ0v) is 21.3. The van der Waals surface area contributed by atoms with Crippen LogP contribution in [-0.2, 0) is 14.3 Å². The Kier molecular flexibility index (Phi) is 6.20. The Hall–Kier alpha value is -1.34. The molecule has 7 nitrogen and oxygen atoms in total. The molecule has 0 bridgehead atoms. The van der Waals surface area contributed by atoms with Crippen LogP contribution in [-0.4, -0.2) is 60.0 Å². The van der Waals surface area contributed by atoms with Gasteiger partial charge in [0.05, 0.1) is 19.1 Å². The van der Waals surface area contributed by atoms with E-state index in [2.05, 4.69) is 13.8 Å². The molecule has 1 unspecified atom stereocenters. The van der Waals surface area contributed by atoms with Crippen molar-refractivity contribution in [3.8, 4) is 0 Å². The molecule has 1 amide bonds. The largest absolute Gasteiger partial charge is 0.469 e. The molecule has 5 fully saturated rings. The molecule has 4 aliphatic carbocycles. The summed E-state index contributed by atoms with van der Waals surface area (Å²) in [6.07, 6.45) is 9.86. The van der Waals surface area contributed by atoms with Gasteiger partial charge in [0.1, 0.15) is 6.10 Å². The van der Waals surface area contributed by atoms with Crippen molar-refractivity contribution in [2.45, 2.75) is 102 Å². The Morgan fingerprint density at radius 1 is 1.00 bits per heavy atom. The molecule has 192 valence electrons. The van der Waals surface area contributed by atoms with E-state index in [1.807, 2.05) is 0 Å². The van der Waals surface area contributed by atoms with Gasteiger partial charge in [-0.1, -0.05) is 13.8 Å². The Morgan fingerprint density at radius 2 is 1.79 bits per heavy atom. The molecule has 0 radical (unpaired) electrons. The number of hydrogen-bond acceptors (Lipinski definition) is 6. The van der Waals surface area contributed by atoms with E-state index < -0.39 is 6.10 Å². The summed E-state index contributed by atoms with van der Waals surface area (Å²) in [5, 5.41) is 9.91. The Labute approximate surface area is 204 Å². The fraction of sp³-hybridized carbons (Fsp3) is 0.926. The van der Waals surface area contributed by atoms with Gasteiger partial charge in [-0.2, -0.15) is 0 Å². The van der Waals surface area contributed by atoms with Gasteiger partial charge in [0.25, 0.3) is 0 Å². The molecule has 0 aromatic heterocycles. The van der Waals surface area contributed by atoms with Crippen LogP contribution < -0.4 is 5.73 Å². The van der Waals surface area contributed by atoms with E-state index in [4.69, 9.17) is 15.2 Å². The number of carbonyl (C=O) groups is 2. The minimum absolute atomic E-state index is 0.0305. The maximum atomic E-state index is 12.7. The van der Waals surface area contributed by atoms with E-state index in [1.165, 1.54) is 7.11 Å². The van der Waals surface area contributed by atoms with Crippen LogP contribution in [0.2, 0.25) is 0 Å². The highest BCUT2D eigenvalue weighted by Crippen LogP contribution is 2.68. The van der Waals surface area contributed by atoms with Gasteiger partial charge in [-0.25, -0.2) is 4.79 Å². The average molecular weight is 477 g/mol. The Bertz CT molecular complexity index is 821. The van der Waals surface area contributed by atoms with E-state index in [1.54, 1.807) is 4.90 Å². The van der Waals surface area contributed by atoms with E-state index in [0.717, 1.165) is 70.6 Å². The normalized spacial score (nSPS) is 48.3. The fourth-order valence-corrected chi connectivity index (χ4v) is 9.25. The SMILES string of the molecule is COC(=O)[C@H]1CC[C@]2(N)[C@@H]3CC[C@@H]4C[C@@H](OC(=O)N5CCCC(O)C5)CC[C@]4(C)[C@H]3CC[C@]12C. The van der Waals surface area contributed by atoms with E-state index in [0.29, 0.717) is 30.8 Å². The molecule has 0 aromatic carbocycles. The molecule has 1 heterocycles. The molecule has 7 heteroatoms. The third-order valence-electron chi connectivity index (χ3n) is 11.4. The van der Waals surface area contributed by atoms with Crippen LogP contribution in [0.4, 0.5) is 4.79 Å². The van der Waals surface area contributed by atoms with Crippen LogP contribution in [0.3, 0.4) is 0 Å². The lowest BCUT2D eigenvalue weighted by Gasteiger charge is -2.64. The van der Waals surface area contributed by atoms with Crippen LogP contribution in [0.5, 0.6) is 0 Å². The van der Waals surface area contributed by atoms with Crippen LogP contribution in [0.1, 0.15) is 84.5 Å². The van der Waals surface area contributed by atoms with Crippen molar-refractivity contribution in [2.75, 3.05) is 20.2 Å². The van der Waals surface area contributed by atoms with Gasteiger partial charge in [0.15, 0.2) is 0 Å². The lowest BCUT2D eigenvalue weighted by molar-refractivity contribution is -0.160. The number of hydrogen-bond donors (Lipinski definition) is 2. The summed E-state index contributed by atoms with van der Waals surface area (Å²) in [5.41, 5.74) is 7.02. The predicted molar refractivity (Wildman–Crippen MR) is 128 cm³/mol. The number of ether oxygens (including phenoxy) is 2. The number of β-amino-alcohol motifs (C(OH)–C–C–N with tert-alkyl or cyclic N) is 1. The number of aliphatic hydroxyl groups is 1. The van der Waals surface area contributed by atoms with Crippen molar-refractivity contribution in [3.05, 3.63) is 0 Å². The summed E-state index contributed by atoms with van der Waals surface area (Å²) >= 11 is 0. The summed E-state index contributed by atoms with van der Waals surface area (Å²) < 4.78 is 11.1. The number of aliphatic hydroxyl groups excluding tert-OH is 1. The van der Waals surface area contributed by atoms with Gasteiger partial charge in [-0.05, 0) is 99.2 Å². The lowest BCUT2D eigenvalue weighted by atomic mass is 9.42. The van der Waals surface area contributed by atoms with Crippen LogP contribution in [0.15, 0.2) is 0 Å². The van der Waals surface area contributed by atoms with Gasteiger partial charge >= 0.3 is 12.1 Å². The molecule has 0 aromatic rings. The smallest absolute Gasteiger partial charge is 0.410 e. The zero-order chi connectivity index (χ0) is 24.3. The number of amides is 1. The van der Waals surface area contributed by atoms with Gasteiger partial charge in [-0.15, -0.1) is 0 Å². The highest BCUT2D eigenvalue weighted by Gasteiger charge is 2.67. The van der Waals surface area contributed by atoms with Crippen LogP contribution >= 0.6 is 0 Å². The molecule has 4 saturated carbocycles. The number of nitrogens with zero attached hydrogens (tertiary/aromatic N) is 1. The van der Waals surface area contributed by atoms with Crippen molar-refractivity contribution in [2.24, 2.45) is 40.2 Å². The maximum absolute atomic E-state index is 12.7. The first-order chi connectivity index (χ1) is 16.1. The standard InChI is InChI=1S/C27H44N2O5/c1-25-11-8-19(34-24(32)29-14-4-5-18(30)16-29)15-17(25)6-7-21-20(25)9-12-26(2)22(23(31)33-3)10-13-27(21,26)28/h17-22,30H,4-16,28H2,1-3H3/t17-,18?,19+,20+,21-,22-,25+,26-,27+/m1/s1. The zero-order valence-electron chi connectivity index (χ0n) is 21.3. The Morgan fingerprint density at radius 3 is 2.53 bits per heavy atom. The van der Waals surface area contributed by atoms with Crippen molar-refractivity contribution in [1.82, 2.24) is 4.90 Å². The number of piperidine rings is 1. The predicted octanol–water partition coefficient (Wildman–Crippen LogP) is 3.86. The molecule has 1 saturated heterocycles. The van der Waals surface area contributed by atoms with Gasteiger partial charge in [0.2, 0.25) is 0 Å². The Balaban J connectivity index is 1.27. The van der Waals surface area contributed by atoms with Gasteiger partial charge in [-0.3, -0.25) is 4.79 Å². The number of likely N-dealkylation sites (tertiary alicyclic amines) is 1. The van der Waals surface area contributed by atoms with Crippen molar-refractivity contribution in [1.29, 1.82) is 0 Å². The molecule has 3 N–H and O–H groups in total. The summed E-state index contributed by atoms with van der Waals surface area (Å²) in [6.45, 7) is 5.78. The molecule has 5 aliphatic rings. The summed E-state index contributed by atoms with van der Waals surface area (Å²) in [5.74, 6) is 1.37. The average Bonchev–Trinajstić information content (AvgIpc) is 3.10. The van der Waals surface area contributed by atoms with Gasteiger partial charge < -0.3 is 25.2 Å². The second-order valence-electron chi connectivity index (χ2n) is 12.6.